The van der Waals surface area contributed by atoms with Crippen LogP contribution in [0.1, 0.15) is 11.1 Å². The van der Waals surface area contributed by atoms with Crippen LogP contribution in [-0.4, -0.2) is 5.88 Å². The van der Waals surface area contributed by atoms with Gasteiger partial charge < -0.3 is 0 Å². The summed E-state index contributed by atoms with van der Waals surface area (Å²) in [6.45, 7) is 0. The van der Waals surface area contributed by atoms with Crippen molar-refractivity contribution in [2.75, 3.05) is 5.88 Å². The first-order chi connectivity index (χ1) is 8.28. The Labute approximate surface area is 110 Å². The molecule has 2 rings (SSSR count). The summed E-state index contributed by atoms with van der Waals surface area (Å²) in [5.41, 5.74) is 2.48. The second-order valence-corrected chi connectivity index (χ2v) is 5.28. The summed E-state index contributed by atoms with van der Waals surface area (Å²) in [4.78, 5) is 0. The Balaban J connectivity index is 1.97. The van der Waals surface area contributed by atoms with Gasteiger partial charge in [-0.05, 0) is 58.8 Å². The smallest absolute Gasteiger partial charge is 0.123 e. The highest BCUT2D eigenvalue weighted by atomic mass is 35.5. The molecule has 0 spiro atoms. The van der Waals surface area contributed by atoms with Crippen LogP contribution in [0.3, 0.4) is 0 Å². The van der Waals surface area contributed by atoms with E-state index >= 15 is 0 Å². The van der Waals surface area contributed by atoms with Gasteiger partial charge >= 0.3 is 0 Å². The van der Waals surface area contributed by atoms with Gasteiger partial charge in [0.2, 0.25) is 0 Å². The number of halogens is 2. The van der Waals surface area contributed by atoms with Crippen molar-refractivity contribution in [1.29, 1.82) is 0 Å². The zero-order valence-corrected chi connectivity index (χ0v) is 11.0. The molecule has 0 bridgehead atoms. The summed E-state index contributed by atoms with van der Waals surface area (Å²) < 4.78 is 12.8. The second-order valence-electron chi connectivity index (χ2n) is 4.19. The topological polar surface area (TPSA) is 0 Å². The molecule has 90 valence electrons. The van der Waals surface area contributed by atoms with Crippen LogP contribution in [0.25, 0.3) is 0 Å². The molecule has 0 nitrogen and oxygen atoms in total. The third kappa shape index (κ3) is 3.83. The number of benzene rings is 1. The number of thiophene rings is 1. The van der Waals surface area contributed by atoms with Crippen LogP contribution in [0, 0.1) is 11.7 Å². The van der Waals surface area contributed by atoms with E-state index in [0.29, 0.717) is 11.8 Å². The fourth-order valence-corrected chi connectivity index (χ4v) is 2.78. The predicted molar refractivity (Wildman–Crippen MR) is 72.3 cm³/mol. The zero-order chi connectivity index (χ0) is 12.1. The molecule has 1 aromatic carbocycles. The Kier molecular flexibility index (Phi) is 4.57. The second kappa shape index (κ2) is 6.18. The van der Waals surface area contributed by atoms with E-state index in [9.17, 15) is 4.39 Å². The third-order valence-electron chi connectivity index (χ3n) is 2.76. The van der Waals surface area contributed by atoms with Gasteiger partial charge in [-0.2, -0.15) is 11.3 Å². The summed E-state index contributed by atoms with van der Waals surface area (Å²) in [6.07, 6.45) is 1.89. The molecule has 1 unspecified atom stereocenters. The molecule has 0 saturated carbocycles. The number of hydrogen-bond donors (Lipinski definition) is 0. The highest BCUT2D eigenvalue weighted by Crippen LogP contribution is 2.18. The van der Waals surface area contributed by atoms with E-state index in [1.807, 2.05) is 12.1 Å². The monoisotopic (exact) mass is 268 g/mol. The highest BCUT2D eigenvalue weighted by Gasteiger charge is 2.10. The molecule has 2 aromatic rings. The molecule has 0 aliphatic carbocycles. The number of alkyl halides is 1. The van der Waals surface area contributed by atoms with E-state index < -0.39 is 0 Å². The van der Waals surface area contributed by atoms with Crippen LogP contribution >= 0.6 is 22.9 Å². The minimum absolute atomic E-state index is 0.186. The molecule has 0 fully saturated rings. The average molecular weight is 269 g/mol. The molecule has 17 heavy (non-hydrogen) atoms. The van der Waals surface area contributed by atoms with E-state index in [1.165, 1.54) is 17.7 Å². The van der Waals surface area contributed by atoms with E-state index in [0.717, 1.165) is 18.4 Å². The van der Waals surface area contributed by atoms with Crippen molar-refractivity contribution < 1.29 is 4.39 Å². The Morgan fingerprint density at radius 3 is 2.35 bits per heavy atom. The molecule has 0 radical (unpaired) electrons. The van der Waals surface area contributed by atoms with Gasteiger partial charge in [-0.25, -0.2) is 4.39 Å². The SMILES string of the molecule is Fc1ccc(CC(CCl)Cc2ccsc2)cc1. The van der Waals surface area contributed by atoms with Gasteiger partial charge in [0.25, 0.3) is 0 Å². The Morgan fingerprint density at radius 1 is 1.06 bits per heavy atom. The maximum Gasteiger partial charge on any atom is 0.123 e. The summed E-state index contributed by atoms with van der Waals surface area (Å²) in [5.74, 6) is 0.860. The Hall–Kier alpha value is -0.860. The van der Waals surface area contributed by atoms with Gasteiger partial charge in [-0.3, -0.25) is 0 Å². The average Bonchev–Trinajstić information content (AvgIpc) is 2.84. The summed E-state index contributed by atoms with van der Waals surface area (Å²) in [7, 11) is 0. The predicted octanol–water partition coefficient (Wildman–Crippen LogP) is 4.53. The van der Waals surface area contributed by atoms with Gasteiger partial charge in [0.1, 0.15) is 5.82 Å². The lowest BCUT2D eigenvalue weighted by Crippen LogP contribution is -2.09. The normalized spacial score (nSPS) is 12.6. The number of hydrogen-bond acceptors (Lipinski definition) is 1. The maximum atomic E-state index is 12.8. The molecule has 1 atom stereocenters. The van der Waals surface area contributed by atoms with Crippen molar-refractivity contribution in [2.45, 2.75) is 12.8 Å². The van der Waals surface area contributed by atoms with Crippen LogP contribution in [0.2, 0.25) is 0 Å². The third-order valence-corrected chi connectivity index (χ3v) is 3.93. The fourth-order valence-electron chi connectivity index (χ4n) is 1.88. The molecule has 0 saturated heterocycles. The van der Waals surface area contributed by atoms with Gasteiger partial charge in [-0.15, -0.1) is 11.6 Å². The van der Waals surface area contributed by atoms with Crippen LogP contribution in [-0.2, 0) is 12.8 Å². The molecule has 0 aliphatic rings. The van der Waals surface area contributed by atoms with Crippen molar-refractivity contribution in [3.8, 4) is 0 Å². The molecule has 0 aliphatic heterocycles. The van der Waals surface area contributed by atoms with Crippen molar-refractivity contribution in [1.82, 2.24) is 0 Å². The molecular formula is C14H14ClFS. The highest BCUT2D eigenvalue weighted by molar-refractivity contribution is 7.07. The maximum absolute atomic E-state index is 12.8. The van der Waals surface area contributed by atoms with Crippen molar-refractivity contribution in [2.24, 2.45) is 5.92 Å². The largest absolute Gasteiger partial charge is 0.207 e. The molecule has 1 aromatic heterocycles. The minimum atomic E-state index is -0.186. The molecular weight excluding hydrogens is 255 g/mol. The van der Waals surface area contributed by atoms with Crippen LogP contribution in [0.4, 0.5) is 4.39 Å². The first kappa shape index (κ1) is 12.6. The van der Waals surface area contributed by atoms with Crippen molar-refractivity contribution in [3.63, 3.8) is 0 Å². The first-order valence-corrected chi connectivity index (χ1v) is 7.07. The fraction of sp³-hybridized carbons (Fsp3) is 0.286. The summed E-state index contributed by atoms with van der Waals surface area (Å²) >= 11 is 7.70. The lowest BCUT2D eigenvalue weighted by molar-refractivity contribution is 0.582. The molecule has 0 N–H and O–H groups in total. The molecule has 1 heterocycles. The van der Waals surface area contributed by atoms with Gasteiger partial charge in [0, 0.05) is 5.88 Å². The lowest BCUT2D eigenvalue weighted by Gasteiger charge is -2.13. The van der Waals surface area contributed by atoms with Crippen molar-refractivity contribution >= 4 is 22.9 Å². The minimum Gasteiger partial charge on any atom is -0.207 e. The molecule has 0 amide bonds. The van der Waals surface area contributed by atoms with E-state index in [1.54, 1.807) is 11.3 Å². The Bertz CT molecular complexity index is 436. The van der Waals surface area contributed by atoms with Crippen LogP contribution < -0.4 is 0 Å². The zero-order valence-electron chi connectivity index (χ0n) is 9.40. The van der Waals surface area contributed by atoms with Gasteiger partial charge in [0.05, 0.1) is 0 Å². The van der Waals surface area contributed by atoms with Crippen LogP contribution in [0.5, 0.6) is 0 Å². The summed E-state index contributed by atoms with van der Waals surface area (Å²) in [6, 6.07) is 8.82. The van der Waals surface area contributed by atoms with E-state index in [2.05, 4.69) is 16.8 Å². The molecule has 3 heteroatoms. The van der Waals surface area contributed by atoms with Crippen molar-refractivity contribution in [3.05, 3.63) is 58.0 Å². The van der Waals surface area contributed by atoms with Crippen LogP contribution in [0.15, 0.2) is 41.1 Å². The van der Waals surface area contributed by atoms with Gasteiger partial charge in [0.15, 0.2) is 0 Å². The van der Waals surface area contributed by atoms with E-state index in [4.69, 9.17) is 11.6 Å². The summed E-state index contributed by atoms with van der Waals surface area (Å²) in [5, 5.41) is 4.24. The Morgan fingerprint density at radius 2 is 1.76 bits per heavy atom. The first-order valence-electron chi connectivity index (χ1n) is 5.59. The quantitative estimate of drug-likeness (QED) is 0.699. The van der Waals surface area contributed by atoms with E-state index in [-0.39, 0.29) is 5.82 Å². The number of rotatable bonds is 5. The standard InChI is InChI=1S/C14H14ClFS/c15-9-13(8-12-5-6-17-10-12)7-11-1-3-14(16)4-2-11/h1-6,10,13H,7-9H2. The lowest BCUT2D eigenvalue weighted by atomic mass is 9.95. The van der Waals surface area contributed by atoms with Gasteiger partial charge in [-0.1, -0.05) is 12.1 Å².